The first kappa shape index (κ1) is 17.7. The van der Waals surface area contributed by atoms with Crippen molar-refractivity contribution in [3.63, 3.8) is 0 Å². The minimum absolute atomic E-state index is 0.0223. The van der Waals surface area contributed by atoms with Crippen LogP contribution in [0.4, 0.5) is 0 Å². The summed E-state index contributed by atoms with van der Waals surface area (Å²) in [5, 5.41) is 12.1. The summed E-state index contributed by atoms with van der Waals surface area (Å²) in [6, 6.07) is 8.32. The summed E-state index contributed by atoms with van der Waals surface area (Å²) in [6.07, 6.45) is 5.31. The number of unbranched alkanes of at least 4 members (excludes halogenated alkanes) is 1. The van der Waals surface area contributed by atoms with Crippen molar-refractivity contribution in [2.24, 2.45) is 0 Å². The van der Waals surface area contributed by atoms with Crippen molar-refractivity contribution < 1.29 is 9.90 Å². The Balaban J connectivity index is 2.54. The molecule has 0 saturated carbocycles. The van der Waals surface area contributed by atoms with Crippen LogP contribution in [0.15, 0.2) is 24.3 Å². The number of benzene rings is 1. The van der Waals surface area contributed by atoms with Gasteiger partial charge in [0.15, 0.2) is 0 Å². The number of rotatable bonds is 9. The number of hydrogen-bond donors (Lipinski definition) is 2. The smallest absolute Gasteiger partial charge is 0.224 e. The Morgan fingerprint density at radius 1 is 1.19 bits per heavy atom. The number of hydrogen-bond acceptors (Lipinski definition) is 2. The zero-order chi connectivity index (χ0) is 15.7. The maximum Gasteiger partial charge on any atom is 0.224 e. The van der Waals surface area contributed by atoms with Gasteiger partial charge in [0.25, 0.3) is 0 Å². The summed E-state index contributed by atoms with van der Waals surface area (Å²) < 4.78 is 0. The van der Waals surface area contributed by atoms with Gasteiger partial charge >= 0.3 is 0 Å². The minimum atomic E-state index is -0.313. The lowest BCUT2D eigenvalue weighted by atomic mass is 9.94. The summed E-state index contributed by atoms with van der Waals surface area (Å²) in [6.45, 7) is 6.29. The Bertz CT molecular complexity index is 427. The zero-order valence-corrected chi connectivity index (χ0v) is 13.6. The maximum atomic E-state index is 12.1. The van der Waals surface area contributed by atoms with E-state index in [0.717, 1.165) is 18.4 Å². The fourth-order valence-corrected chi connectivity index (χ4v) is 2.35. The second kappa shape index (κ2) is 8.83. The number of nitrogens with one attached hydrogen (secondary N) is 1. The third-order valence-corrected chi connectivity index (χ3v) is 4.09. The van der Waals surface area contributed by atoms with Crippen LogP contribution in [-0.2, 0) is 17.6 Å². The molecule has 3 nitrogen and oxygen atoms in total. The van der Waals surface area contributed by atoms with Gasteiger partial charge in [0.2, 0.25) is 5.91 Å². The Morgan fingerprint density at radius 3 is 2.33 bits per heavy atom. The van der Waals surface area contributed by atoms with Crippen LogP contribution >= 0.6 is 0 Å². The second-order valence-corrected chi connectivity index (χ2v) is 6.03. The summed E-state index contributed by atoms with van der Waals surface area (Å²) in [5.74, 6) is 0.0223. The van der Waals surface area contributed by atoms with Gasteiger partial charge in [-0.3, -0.25) is 4.79 Å². The average molecular weight is 291 g/mol. The molecule has 0 bridgehead atoms. The van der Waals surface area contributed by atoms with E-state index in [1.165, 1.54) is 18.4 Å². The molecule has 0 heterocycles. The second-order valence-electron chi connectivity index (χ2n) is 6.03. The van der Waals surface area contributed by atoms with Crippen LogP contribution in [-0.4, -0.2) is 23.2 Å². The van der Waals surface area contributed by atoms with E-state index in [0.29, 0.717) is 12.8 Å². The van der Waals surface area contributed by atoms with E-state index in [2.05, 4.69) is 24.4 Å². The quantitative estimate of drug-likeness (QED) is 0.734. The van der Waals surface area contributed by atoms with Crippen molar-refractivity contribution >= 4 is 5.91 Å². The Hall–Kier alpha value is -1.35. The lowest BCUT2D eigenvalue weighted by Gasteiger charge is -2.29. The molecule has 0 spiro atoms. The predicted octanol–water partition coefficient (Wildman–Crippen LogP) is 3.24. The molecule has 0 aliphatic rings. The van der Waals surface area contributed by atoms with Crippen LogP contribution in [0, 0.1) is 0 Å². The number of carbonyl (C=O) groups is 1. The molecule has 0 saturated heterocycles. The SMILES string of the molecule is CCCCc1ccc(CC(=O)NC(C)(CC)CCO)cc1. The molecule has 0 aliphatic heterocycles. The highest BCUT2D eigenvalue weighted by Crippen LogP contribution is 2.14. The van der Waals surface area contributed by atoms with Crippen LogP contribution in [0.5, 0.6) is 0 Å². The summed E-state index contributed by atoms with van der Waals surface area (Å²) in [4.78, 5) is 12.1. The van der Waals surface area contributed by atoms with Gasteiger partial charge in [-0.15, -0.1) is 0 Å². The van der Waals surface area contributed by atoms with Crippen molar-refractivity contribution in [1.29, 1.82) is 0 Å². The van der Waals surface area contributed by atoms with Crippen molar-refractivity contribution in [3.05, 3.63) is 35.4 Å². The minimum Gasteiger partial charge on any atom is -0.396 e. The molecule has 0 aromatic heterocycles. The van der Waals surface area contributed by atoms with Crippen molar-refractivity contribution in [3.8, 4) is 0 Å². The van der Waals surface area contributed by atoms with Gasteiger partial charge in [-0.05, 0) is 43.7 Å². The third kappa shape index (κ3) is 6.30. The van der Waals surface area contributed by atoms with Crippen molar-refractivity contribution in [2.75, 3.05) is 6.61 Å². The van der Waals surface area contributed by atoms with Crippen molar-refractivity contribution in [2.45, 2.75) is 64.8 Å². The van der Waals surface area contributed by atoms with Crippen molar-refractivity contribution in [1.82, 2.24) is 5.32 Å². The van der Waals surface area contributed by atoms with E-state index in [1.54, 1.807) is 0 Å². The molecule has 0 aliphatic carbocycles. The number of amides is 1. The van der Waals surface area contributed by atoms with E-state index in [4.69, 9.17) is 5.11 Å². The fourth-order valence-electron chi connectivity index (χ4n) is 2.35. The molecule has 1 aromatic carbocycles. The first-order chi connectivity index (χ1) is 10.0. The molecule has 1 rings (SSSR count). The molecule has 1 unspecified atom stereocenters. The van der Waals surface area contributed by atoms with E-state index < -0.39 is 0 Å². The van der Waals surface area contributed by atoms with E-state index in [-0.39, 0.29) is 18.1 Å². The lowest BCUT2D eigenvalue weighted by Crippen LogP contribution is -2.46. The largest absolute Gasteiger partial charge is 0.396 e. The average Bonchev–Trinajstić information content (AvgIpc) is 2.46. The molecule has 0 radical (unpaired) electrons. The normalized spacial score (nSPS) is 13.7. The van der Waals surface area contributed by atoms with Gasteiger partial charge in [-0.2, -0.15) is 0 Å². The predicted molar refractivity (Wildman–Crippen MR) is 87.3 cm³/mol. The van der Waals surface area contributed by atoms with Gasteiger partial charge in [-0.25, -0.2) is 0 Å². The van der Waals surface area contributed by atoms with Crippen LogP contribution in [0.1, 0.15) is 57.6 Å². The van der Waals surface area contributed by atoms with Crippen LogP contribution in [0.3, 0.4) is 0 Å². The molecule has 1 atom stereocenters. The Labute approximate surface area is 128 Å². The number of aryl methyl sites for hydroxylation is 1. The molecule has 21 heavy (non-hydrogen) atoms. The molecular formula is C18H29NO2. The Morgan fingerprint density at radius 2 is 1.81 bits per heavy atom. The van der Waals surface area contributed by atoms with Gasteiger partial charge in [0.1, 0.15) is 0 Å². The standard InChI is InChI=1S/C18H29NO2/c1-4-6-7-15-8-10-16(11-9-15)14-17(21)19-18(3,5-2)12-13-20/h8-11,20H,4-7,12-14H2,1-3H3,(H,19,21). The van der Waals surface area contributed by atoms with Gasteiger partial charge < -0.3 is 10.4 Å². The van der Waals surface area contributed by atoms with Crippen LogP contribution in [0.25, 0.3) is 0 Å². The zero-order valence-electron chi connectivity index (χ0n) is 13.6. The lowest BCUT2D eigenvalue weighted by molar-refractivity contribution is -0.122. The number of aliphatic hydroxyl groups excluding tert-OH is 1. The maximum absolute atomic E-state index is 12.1. The summed E-state index contributed by atoms with van der Waals surface area (Å²) in [7, 11) is 0. The molecule has 3 heteroatoms. The van der Waals surface area contributed by atoms with E-state index in [9.17, 15) is 4.79 Å². The first-order valence-electron chi connectivity index (χ1n) is 8.02. The summed E-state index contributed by atoms with van der Waals surface area (Å²) in [5.41, 5.74) is 2.06. The molecular weight excluding hydrogens is 262 g/mol. The summed E-state index contributed by atoms with van der Waals surface area (Å²) >= 11 is 0. The third-order valence-electron chi connectivity index (χ3n) is 4.09. The molecule has 0 fully saturated rings. The number of carbonyl (C=O) groups excluding carboxylic acids is 1. The highest BCUT2D eigenvalue weighted by molar-refractivity contribution is 5.79. The fraction of sp³-hybridized carbons (Fsp3) is 0.611. The Kier molecular flexibility index (Phi) is 7.44. The highest BCUT2D eigenvalue weighted by atomic mass is 16.3. The van der Waals surface area contributed by atoms with Crippen LogP contribution in [0.2, 0.25) is 0 Å². The van der Waals surface area contributed by atoms with Gasteiger partial charge in [-0.1, -0.05) is 44.5 Å². The van der Waals surface area contributed by atoms with Crippen LogP contribution < -0.4 is 5.32 Å². The van der Waals surface area contributed by atoms with E-state index >= 15 is 0 Å². The molecule has 1 aromatic rings. The molecule has 1 amide bonds. The topological polar surface area (TPSA) is 49.3 Å². The number of aliphatic hydroxyl groups is 1. The molecule has 118 valence electrons. The first-order valence-corrected chi connectivity index (χ1v) is 8.02. The van der Waals surface area contributed by atoms with E-state index in [1.807, 2.05) is 26.0 Å². The monoisotopic (exact) mass is 291 g/mol. The van der Waals surface area contributed by atoms with Gasteiger partial charge in [0.05, 0.1) is 6.42 Å². The highest BCUT2D eigenvalue weighted by Gasteiger charge is 2.23. The molecule has 2 N–H and O–H groups in total. The van der Waals surface area contributed by atoms with Gasteiger partial charge in [0, 0.05) is 12.1 Å².